The average molecular weight is 418 g/mol. The van der Waals surface area contributed by atoms with Crippen molar-refractivity contribution in [2.45, 2.75) is 24.7 Å². The first-order valence-electron chi connectivity index (χ1n) is 9.36. The van der Waals surface area contributed by atoms with Crippen LogP contribution in [0.15, 0.2) is 41.3 Å². The lowest BCUT2D eigenvalue weighted by Gasteiger charge is -2.17. The summed E-state index contributed by atoms with van der Waals surface area (Å²) in [6, 6.07) is 9.82. The van der Waals surface area contributed by atoms with E-state index in [1.807, 2.05) is 0 Å². The van der Waals surface area contributed by atoms with Crippen molar-refractivity contribution in [3.05, 3.63) is 42.0 Å². The van der Waals surface area contributed by atoms with Gasteiger partial charge in [-0.2, -0.15) is 4.31 Å². The molecule has 2 aromatic rings. The molecule has 9 heteroatoms. The molecule has 1 fully saturated rings. The number of carbonyl (C=O) groups is 1. The van der Waals surface area contributed by atoms with Crippen LogP contribution in [0.25, 0.3) is 0 Å². The molecule has 29 heavy (non-hydrogen) atoms. The summed E-state index contributed by atoms with van der Waals surface area (Å²) in [6.07, 6.45) is 1.77. The molecule has 0 aliphatic carbocycles. The van der Waals surface area contributed by atoms with Gasteiger partial charge in [-0.05, 0) is 55.7 Å². The van der Waals surface area contributed by atoms with Crippen LogP contribution in [0.2, 0.25) is 0 Å². The van der Waals surface area contributed by atoms with E-state index in [1.165, 1.54) is 10.4 Å². The summed E-state index contributed by atoms with van der Waals surface area (Å²) < 4.78 is 42.9. The summed E-state index contributed by atoms with van der Waals surface area (Å²) in [7, 11) is -3.48. The Labute approximate surface area is 169 Å². The first-order valence-corrected chi connectivity index (χ1v) is 10.8. The van der Waals surface area contributed by atoms with Crippen LogP contribution >= 0.6 is 0 Å². The van der Waals surface area contributed by atoms with Crippen LogP contribution in [0.3, 0.4) is 0 Å². The van der Waals surface area contributed by atoms with E-state index in [2.05, 4.69) is 5.32 Å². The topological polar surface area (TPSA) is 94.2 Å². The van der Waals surface area contributed by atoms with Crippen LogP contribution in [0, 0.1) is 6.92 Å². The highest BCUT2D eigenvalue weighted by molar-refractivity contribution is 7.89. The molecule has 0 bridgehead atoms. The molecule has 0 spiro atoms. The van der Waals surface area contributed by atoms with Gasteiger partial charge in [-0.25, -0.2) is 8.42 Å². The SMILES string of the molecule is Cc1cc(S(=O)(=O)N2CCCC2)ccc1OCC(=O)Nc1ccc2c(c1)OCO2. The Balaban J connectivity index is 1.37. The van der Waals surface area contributed by atoms with Crippen LogP contribution in [0.4, 0.5) is 5.69 Å². The van der Waals surface area contributed by atoms with Gasteiger partial charge in [0.2, 0.25) is 16.8 Å². The summed E-state index contributed by atoms with van der Waals surface area (Å²) >= 11 is 0. The van der Waals surface area contributed by atoms with E-state index in [4.69, 9.17) is 14.2 Å². The monoisotopic (exact) mass is 418 g/mol. The number of nitrogens with one attached hydrogen (secondary N) is 1. The highest BCUT2D eigenvalue weighted by atomic mass is 32.2. The minimum atomic E-state index is -3.48. The normalized spacial score (nSPS) is 16.0. The van der Waals surface area contributed by atoms with E-state index in [0.29, 0.717) is 41.6 Å². The molecule has 0 saturated carbocycles. The molecule has 2 aliphatic heterocycles. The number of sulfonamides is 1. The van der Waals surface area contributed by atoms with Gasteiger partial charge in [0, 0.05) is 24.8 Å². The van der Waals surface area contributed by atoms with Gasteiger partial charge in [-0.15, -0.1) is 0 Å². The Morgan fingerprint density at radius 1 is 1.10 bits per heavy atom. The number of carbonyl (C=O) groups excluding carboxylic acids is 1. The largest absolute Gasteiger partial charge is 0.483 e. The minimum Gasteiger partial charge on any atom is -0.483 e. The van der Waals surface area contributed by atoms with E-state index in [9.17, 15) is 13.2 Å². The van der Waals surface area contributed by atoms with Crippen LogP contribution in [-0.4, -0.2) is 45.1 Å². The third-order valence-electron chi connectivity index (χ3n) is 4.86. The Morgan fingerprint density at radius 2 is 1.86 bits per heavy atom. The molecular formula is C20H22N2O6S. The summed E-state index contributed by atoms with van der Waals surface area (Å²) in [5.74, 6) is 1.34. The smallest absolute Gasteiger partial charge is 0.262 e. The van der Waals surface area contributed by atoms with Crippen LogP contribution in [0.5, 0.6) is 17.2 Å². The quantitative estimate of drug-likeness (QED) is 0.775. The minimum absolute atomic E-state index is 0.165. The zero-order valence-corrected chi connectivity index (χ0v) is 16.8. The number of hydrogen-bond donors (Lipinski definition) is 1. The highest BCUT2D eigenvalue weighted by Gasteiger charge is 2.27. The molecule has 2 aromatic carbocycles. The predicted octanol–water partition coefficient (Wildman–Crippen LogP) is 2.53. The summed E-state index contributed by atoms with van der Waals surface area (Å²) in [5.41, 5.74) is 1.23. The zero-order valence-electron chi connectivity index (χ0n) is 16.0. The lowest BCUT2D eigenvalue weighted by Crippen LogP contribution is -2.27. The van der Waals surface area contributed by atoms with Crippen molar-refractivity contribution < 1.29 is 27.4 Å². The number of hydrogen-bond acceptors (Lipinski definition) is 6. The van der Waals surface area contributed by atoms with E-state index < -0.39 is 10.0 Å². The highest BCUT2D eigenvalue weighted by Crippen LogP contribution is 2.34. The number of anilines is 1. The first-order chi connectivity index (χ1) is 13.9. The first kappa shape index (κ1) is 19.5. The Bertz CT molecular complexity index is 1030. The average Bonchev–Trinajstić information content (AvgIpc) is 3.38. The fourth-order valence-corrected chi connectivity index (χ4v) is 4.94. The van der Waals surface area contributed by atoms with Crippen molar-refractivity contribution in [3.63, 3.8) is 0 Å². The maximum atomic E-state index is 12.6. The van der Waals surface area contributed by atoms with Gasteiger partial charge in [0.15, 0.2) is 18.1 Å². The van der Waals surface area contributed by atoms with Crippen molar-refractivity contribution in [2.24, 2.45) is 0 Å². The Kier molecular flexibility index (Phi) is 5.33. The van der Waals surface area contributed by atoms with Crippen LogP contribution < -0.4 is 19.5 Å². The van der Waals surface area contributed by atoms with E-state index in [1.54, 1.807) is 37.3 Å². The third kappa shape index (κ3) is 4.15. The number of ether oxygens (including phenoxy) is 3. The number of fused-ring (bicyclic) bond motifs is 1. The second-order valence-electron chi connectivity index (χ2n) is 6.94. The standard InChI is InChI=1S/C20H22N2O6S/c1-14-10-16(29(24,25)22-8-2-3-9-22)5-7-17(14)26-12-20(23)21-15-4-6-18-19(11-15)28-13-27-18/h4-7,10-11H,2-3,8-9,12-13H2,1H3,(H,21,23). The maximum absolute atomic E-state index is 12.6. The van der Waals surface area contributed by atoms with Gasteiger partial charge >= 0.3 is 0 Å². The van der Waals surface area contributed by atoms with Gasteiger partial charge in [-0.1, -0.05) is 0 Å². The summed E-state index contributed by atoms with van der Waals surface area (Å²) in [4.78, 5) is 12.4. The molecule has 154 valence electrons. The molecule has 1 N–H and O–H groups in total. The lowest BCUT2D eigenvalue weighted by molar-refractivity contribution is -0.118. The molecule has 0 unspecified atom stereocenters. The van der Waals surface area contributed by atoms with Gasteiger partial charge in [0.05, 0.1) is 4.90 Å². The van der Waals surface area contributed by atoms with Crippen molar-refractivity contribution in [1.29, 1.82) is 0 Å². The Hall–Kier alpha value is -2.78. The van der Waals surface area contributed by atoms with Crippen molar-refractivity contribution in [2.75, 3.05) is 31.8 Å². The van der Waals surface area contributed by atoms with Crippen LogP contribution in [0.1, 0.15) is 18.4 Å². The Morgan fingerprint density at radius 3 is 2.62 bits per heavy atom. The maximum Gasteiger partial charge on any atom is 0.262 e. The van der Waals surface area contributed by atoms with E-state index in [0.717, 1.165) is 12.8 Å². The lowest BCUT2D eigenvalue weighted by atomic mass is 10.2. The third-order valence-corrected chi connectivity index (χ3v) is 6.76. The number of amides is 1. The van der Waals surface area contributed by atoms with Crippen molar-refractivity contribution in [1.82, 2.24) is 4.31 Å². The van der Waals surface area contributed by atoms with Crippen molar-refractivity contribution >= 4 is 21.6 Å². The van der Waals surface area contributed by atoms with Gasteiger partial charge in [-0.3, -0.25) is 4.79 Å². The van der Waals surface area contributed by atoms with Crippen LogP contribution in [-0.2, 0) is 14.8 Å². The number of aryl methyl sites for hydroxylation is 1. The number of rotatable bonds is 6. The van der Waals surface area contributed by atoms with E-state index in [-0.39, 0.29) is 24.2 Å². The van der Waals surface area contributed by atoms with Gasteiger partial charge < -0.3 is 19.5 Å². The fourth-order valence-electron chi connectivity index (χ4n) is 3.34. The molecular weight excluding hydrogens is 396 g/mol. The molecule has 1 saturated heterocycles. The second-order valence-corrected chi connectivity index (χ2v) is 8.88. The summed E-state index contributed by atoms with van der Waals surface area (Å²) in [6.45, 7) is 2.83. The molecule has 2 heterocycles. The van der Waals surface area contributed by atoms with E-state index >= 15 is 0 Å². The van der Waals surface area contributed by atoms with Gasteiger partial charge in [0.1, 0.15) is 5.75 Å². The fraction of sp³-hybridized carbons (Fsp3) is 0.350. The number of nitrogens with zero attached hydrogens (tertiary/aromatic N) is 1. The van der Waals surface area contributed by atoms with Crippen molar-refractivity contribution in [3.8, 4) is 17.2 Å². The molecule has 0 atom stereocenters. The molecule has 2 aliphatic rings. The molecule has 1 amide bonds. The number of benzene rings is 2. The molecule has 0 aromatic heterocycles. The molecule has 8 nitrogen and oxygen atoms in total. The molecule has 0 radical (unpaired) electrons. The predicted molar refractivity (Wildman–Crippen MR) is 106 cm³/mol. The van der Waals surface area contributed by atoms with Gasteiger partial charge in [0.25, 0.3) is 5.91 Å². The zero-order chi connectivity index (χ0) is 20.4. The molecule has 4 rings (SSSR count). The summed E-state index contributed by atoms with van der Waals surface area (Å²) in [5, 5.41) is 2.73. The second kappa shape index (κ2) is 7.92.